The Balaban J connectivity index is 2.87. The molecule has 0 saturated carbocycles. The van der Waals surface area contributed by atoms with Crippen LogP contribution in [0, 0.1) is 2.88 Å². The zero-order chi connectivity index (χ0) is 9.14. The summed E-state index contributed by atoms with van der Waals surface area (Å²) >= 11 is 4.11. The van der Waals surface area contributed by atoms with Crippen LogP contribution in [0.2, 0.25) is 0 Å². The van der Waals surface area contributed by atoms with E-state index in [0.29, 0.717) is 6.04 Å². The van der Waals surface area contributed by atoms with Crippen LogP contribution in [0.1, 0.15) is 18.5 Å². The van der Waals surface area contributed by atoms with Crippen molar-refractivity contribution in [2.24, 2.45) is 0 Å². The van der Waals surface area contributed by atoms with Crippen LogP contribution in [0.3, 0.4) is 0 Å². The molecule has 0 fully saturated rings. The lowest BCUT2D eigenvalue weighted by Gasteiger charge is -2.13. The topological polar surface area (TPSA) is 12.0 Å². The Morgan fingerprint density at radius 3 is 2.75 bits per heavy atom. The SMILES string of the molecule is C=C(C)C(NC)c1csc(I)c1. The summed E-state index contributed by atoms with van der Waals surface area (Å²) in [6.45, 7) is 6.00. The lowest BCUT2D eigenvalue weighted by molar-refractivity contribution is 0.682. The molecule has 1 heterocycles. The third-order valence-corrected chi connectivity index (χ3v) is 3.51. The van der Waals surface area contributed by atoms with E-state index in [9.17, 15) is 0 Å². The first-order valence-corrected chi connectivity index (χ1v) is 5.67. The molecule has 0 aliphatic carbocycles. The number of rotatable bonds is 3. The second-order valence-electron chi connectivity index (χ2n) is 2.75. The number of nitrogens with one attached hydrogen (secondary N) is 1. The molecule has 1 nitrogen and oxygen atoms in total. The maximum Gasteiger partial charge on any atom is 0.0656 e. The van der Waals surface area contributed by atoms with E-state index < -0.39 is 0 Å². The lowest BCUT2D eigenvalue weighted by Crippen LogP contribution is -2.16. The van der Waals surface area contributed by atoms with Crippen molar-refractivity contribution in [2.45, 2.75) is 13.0 Å². The summed E-state index contributed by atoms with van der Waals surface area (Å²) in [5.41, 5.74) is 2.48. The van der Waals surface area contributed by atoms with Crippen LogP contribution >= 0.6 is 33.9 Å². The highest BCUT2D eigenvalue weighted by Gasteiger charge is 2.10. The van der Waals surface area contributed by atoms with Crippen LogP contribution in [0.5, 0.6) is 0 Å². The van der Waals surface area contributed by atoms with E-state index in [1.165, 1.54) is 8.45 Å². The molecule has 0 aliphatic heterocycles. The molecule has 1 atom stereocenters. The maximum absolute atomic E-state index is 3.95. The molecule has 0 spiro atoms. The average Bonchev–Trinajstić information content (AvgIpc) is 2.37. The van der Waals surface area contributed by atoms with Crippen molar-refractivity contribution in [1.29, 1.82) is 0 Å². The summed E-state index contributed by atoms with van der Waals surface area (Å²) in [4.78, 5) is 0. The molecule has 0 amide bonds. The Morgan fingerprint density at radius 1 is 1.75 bits per heavy atom. The van der Waals surface area contributed by atoms with Crippen LogP contribution in [0.25, 0.3) is 0 Å². The highest BCUT2D eigenvalue weighted by Crippen LogP contribution is 2.25. The smallest absolute Gasteiger partial charge is 0.0656 e. The quantitative estimate of drug-likeness (QED) is 0.666. The summed E-state index contributed by atoms with van der Waals surface area (Å²) in [7, 11) is 1.96. The summed E-state index contributed by atoms with van der Waals surface area (Å²) < 4.78 is 1.32. The standard InChI is InChI=1S/C9H12INS/c1-6(2)9(11-3)7-4-8(10)12-5-7/h4-5,9,11H,1H2,2-3H3. The fourth-order valence-corrected chi connectivity index (χ4v) is 2.57. The van der Waals surface area contributed by atoms with Gasteiger partial charge < -0.3 is 5.32 Å². The van der Waals surface area contributed by atoms with Gasteiger partial charge in [0.05, 0.1) is 8.93 Å². The van der Waals surface area contributed by atoms with E-state index in [1.807, 2.05) is 14.0 Å². The number of hydrogen-bond acceptors (Lipinski definition) is 2. The number of hydrogen-bond donors (Lipinski definition) is 1. The predicted octanol–water partition coefficient (Wildman–Crippen LogP) is 3.19. The van der Waals surface area contributed by atoms with Crippen molar-refractivity contribution >= 4 is 33.9 Å². The molecule has 12 heavy (non-hydrogen) atoms. The second kappa shape index (κ2) is 4.39. The van der Waals surface area contributed by atoms with Crippen LogP contribution < -0.4 is 5.32 Å². The zero-order valence-corrected chi connectivity index (χ0v) is 10.2. The average molecular weight is 293 g/mol. The third-order valence-electron chi connectivity index (χ3n) is 1.70. The summed E-state index contributed by atoms with van der Waals surface area (Å²) in [5, 5.41) is 5.41. The van der Waals surface area contributed by atoms with Gasteiger partial charge in [-0.1, -0.05) is 12.2 Å². The number of likely N-dealkylation sites (N-methyl/N-ethyl adjacent to an activating group) is 1. The van der Waals surface area contributed by atoms with Gasteiger partial charge in [-0.15, -0.1) is 11.3 Å². The Bertz CT molecular complexity index is 280. The fraction of sp³-hybridized carbons (Fsp3) is 0.333. The Hall–Kier alpha value is 0.130. The molecule has 0 aromatic carbocycles. The van der Waals surface area contributed by atoms with Crippen molar-refractivity contribution in [3.8, 4) is 0 Å². The maximum atomic E-state index is 3.95. The van der Waals surface area contributed by atoms with Crippen LogP contribution in [-0.4, -0.2) is 7.05 Å². The van der Waals surface area contributed by atoms with Gasteiger partial charge in [0.15, 0.2) is 0 Å². The van der Waals surface area contributed by atoms with Gasteiger partial charge in [-0.25, -0.2) is 0 Å². The van der Waals surface area contributed by atoms with Gasteiger partial charge in [-0.2, -0.15) is 0 Å². The molecule has 66 valence electrons. The molecule has 0 saturated heterocycles. The normalized spacial score (nSPS) is 12.9. The number of thiophene rings is 1. The van der Waals surface area contributed by atoms with E-state index in [1.54, 1.807) is 11.3 Å². The molecule has 0 aliphatic rings. The minimum absolute atomic E-state index is 0.310. The molecule has 1 unspecified atom stereocenters. The molecule has 0 radical (unpaired) electrons. The molecule has 1 N–H and O–H groups in total. The van der Waals surface area contributed by atoms with Gasteiger partial charge in [-0.3, -0.25) is 0 Å². The van der Waals surface area contributed by atoms with E-state index in [-0.39, 0.29) is 0 Å². The van der Waals surface area contributed by atoms with Gasteiger partial charge >= 0.3 is 0 Å². The van der Waals surface area contributed by atoms with Gasteiger partial charge in [0.2, 0.25) is 0 Å². The molecule has 1 aromatic heterocycles. The van der Waals surface area contributed by atoms with Crippen LogP contribution in [0.15, 0.2) is 23.6 Å². The van der Waals surface area contributed by atoms with Crippen molar-refractivity contribution in [2.75, 3.05) is 7.05 Å². The first-order chi connectivity index (χ1) is 5.65. The minimum atomic E-state index is 0.310. The predicted molar refractivity (Wildman–Crippen MR) is 63.7 cm³/mol. The highest BCUT2D eigenvalue weighted by molar-refractivity contribution is 14.1. The minimum Gasteiger partial charge on any atom is -0.310 e. The van der Waals surface area contributed by atoms with Gasteiger partial charge in [-0.05, 0) is 53.6 Å². The van der Waals surface area contributed by atoms with E-state index >= 15 is 0 Å². The van der Waals surface area contributed by atoms with E-state index in [0.717, 1.165) is 5.57 Å². The first kappa shape index (κ1) is 10.2. The molecular weight excluding hydrogens is 281 g/mol. The Labute approximate surface area is 91.0 Å². The largest absolute Gasteiger partial charge is 0.310 e. The lowest BCUT2D eigenvalue weighted by atomic mass is 10.1. The van der Waals surface area contributed by atoms with E-state index in [4.69, 9.17) is 0 Å². The zero-order valence-electron chi connectivity index (χ0n) is 7.23. The van der Waals surface area contributed by atoms with Crippen LogP contribution in [-0.2, 0) is 0 Å². The first-order valence-electron chi connectivity index (χ1n) is 3.71. The number of halogens is 1. The van der Waals surface area contributed by atoms with Crippen molar-refractivity contribution in [1.82, 2.24) is 5.32 Å². The van der Waals surface area contributed by atoms with Crippen molar-refractivity contribution in [3.05, 3.63) is 32.0 Å². The molecular formula is C9H12INS. The van der Waals surface area contributed by atoms with E-state index in [2.05, 4.69) is 45.9 Å². The molecule has 0 bridgehead atoms. The van der Waals surface area contributed by atoms with Gasteiger partial charge in [0, 0.05) is 0 Å². The molecule has 1 rings (SSSR count). The Morgan fingerprint density at radius 2 is 2.42 bits per heavy atom. The monoisotopic (exact) mass is 293 g/mol. The fourth-order valence-electron chi connectivity index (χ4n) is 1.17. The summed E-state index contributed by atoms with van der Waals surface area (Å²) in [5.74, 6) is 0. The highest BCUT2D eigenvalue weighted by atomic mass is 127. The summed E-state index contributed by atoms with van der Waals surface area (Å²) in [6, 6.07) is 2.51. The molecule has 1 aromatic rings. The summed E-state index contributed by atoms with van der Waals surface area (Å²) in [6.07, 6.45) is 0. The second-order valence-corrected chi connectivity index (χ2v) is 5.56. The third kappa shape index (κ3) is 2.31. The molecule has 3 heteroatoms. The van der Waals surface area contributed by atoms with Gasteiger partial charge in [0.25, 0.3) is 0 Å². The Kier molecular flexibility index (Phi) is 3.74. The van der Waals surface area contributed by atoms with Crippen LogP contribution in [0.4, 0.5) is 0 Å². The van der Waals surface area contributed by atoms with Crippen molar-refractivity contribution in [3.63, 3.8) is 0 Å². The van der Waals surface area contributed by atoms with Crippen molar-refractivity contribution < 1.29 is 0 Å². The van der Waals surface area contributed by atoms with Gasteiger partial charge in [0.1, 0.15) is 0 Å².